The molecular formula is C70H83F2N9O13S. The van der Waals surface area contributed by atoms with E-state index in [4.69, 9.17) is 19.9 Å². The Morgan fingerprint density at radius 3 is 1.77 bits per heavy atom. The Morgan fingerprint density at radius 2 is 1.17 bits per heavy atom. The number of nitrogens with two attached hydrogens (primary N) is 1. The van der Waals surface area contributed by atoms with Crippen LogP contribution in [-0.4, -0.2) is 124 Å². The number of nitrogens with one attached hydrogen (secondary N) is 6. The van der Waals surface area contributed by atoms with Crippen LogP contribution in [0.2, 0.25) is 0 Å². The van der Waals surface area contributed by atoms with Gasteiger partial charge >= 0.3 is 18.0 Å². The first-order valence-electron chi connectivity index (χ1n) is 31.1. The molecule has 8 N–H and O–H groups in total. The van der Waals surface area contributed by atoms with Crippen molar-refractivity contribution in [3.63, 3.8) is 0 Å². The van der Waals surface area contributed by atoms with Crippen LogP contribution in [-0.2, 0) is 83.7 Å². The van der Waals surface area contributed by atoms with Crippen LogP contribution in [0.1, 0.15) is 107 Å². The number of benzene rings is 5. The molecule has 1 heterocycles. The zero-order valence-corrected chi connectivity index (χ0v) is 54.7. The number of primary amides is 1. The number of carbonyl (C=O) groups excluding carboxylic acids is 10. The maximum atomic E-state index is 15.6. The molecule has 25 heteroatoms. The molecule has 506 valence electrons. The summed E-state index contributed by atoms with van der Waals surface area (Å²) >= 11 is 1.17. The van der Waals surface area contributed by atoms with Gasteiger partial charge in [0.2, 0.25) is 41.4 Å². The van der Waals surface area contributed by atoms with Crippen molar-refractivity contribution < 1.29 is 70.9 Å². The number of hydrogen-bond donors (Lipinski definition) is 7. The summed E-state index contributed by atoms with van der Waals surface area (Å²) < 4.78 is 48.3. The highest BCUT2D eigenvalue weighted by molar-refractivity contribution is 7.99. The first-order chi connectivity index (χ1) is 45.4. The van der Waals surface area contributed by atoms with Crippen molar-refractivity contribution in [2.24, 2.45) is 11.1 Å². The largest absolute Gasteiger partial charge is 0.461 e. The Kier molecular flexibility index (Phi) is 29.4. The fourth-order valence-corrected chi connectivity index (χ4v) is 10.8. The van der Waals surface area contributed by atoms with Crippen molar-refractivity contribution in [2.75, 3.05) is 31.1 Å². The van der Waals surface area contributed by atoms with E-state index < -0.39 is 107 Å². The number of rotatable bonds is 36. The lowest BCUT2D eigenvalue weighted by Crippen LogP contribution is -2.56. The van der Waals surface area contributed by atoms with Crippen molar-refractivity contribution in [1.82, 2.24) is 41.4 Å². The molecule has 5 aromatic carbocycles. The van der Waals surface area contributed by atoms with Crippen LogP contribution < -0.4 is 37.6 Å². The molecule has 5 atom stereocenters. The lowest BCUT2D eigenvalue weighted by molar-refractivity contribution is -0.150. The summed E-state index contributed by atoms with van der Waals surface area (Å²) in [6.45, 7) is 8.43. The van der Waals surface area contributed by atoms with Gasteiger partial charge in [-0.05, 0) is 78.6 Å². The Morgan fingerprint density at radius 1 is 0.600 bits per heavy atom. The molecule has 8 amide bonds. The molecule has 0 saturated heterocycles. The van der Waals surface area contributed by atoms with E-state index in [1.165, 1.54) is 25.6 Å². The monoisotopic (exact) mass is 1330 g/mol. The number of alkyl carbamates (subject to hydrolysis) is 1. The smallest absolute Gasteiger partial charge is 0.408 e. The second-order valence-electron chi connectivity index (χ2n) is 23.6. The molecule has 0 aliphatic heterocycles. The highest BCUT2D eigenvalue weighted by Gasteiger charge is 2.38. The maximum absolute atomic E-state index is 15.6. The number of amides is 8. The molecule has 0 bridgehead atoms. The molecule has 0 aliphatic carbocycles. The first-order valence-corrected chi connectivity index (χ1v) is 32.3. The highest BCUT2D eigenvalue weighted by Crippen LogP contribution is 2.41. The van der Waals surface area contributed by atoms with Gasteiger partial charge in [-0.2, -0.15) is 11.8 Å². The summed E-state index contributed by atoms with van der Waals surface area (Å²) in [4.78, 5) is 134. The van der Waals surface area contributed by atoms with Crippen LogP contribution in [0.15, 0.2) is 152 Å². The van der Waals surface area contributed by atoms with E-state index in [0.29, 0.717) is 16.8 Å². The summed E-state index contributed by atoms with van der Waals surface area (Å²) in [7, 11) is 0. The summed E-state index contributed by atoms with van der Waals surface area (Å²) in [6, 6.07) is 35.2. The second-order valence-corrected chi connectivity index (χ2v) is 24.7. The maximum Gasteiger partial charge on any atom is 0.408 e. The summed E-state index contributed by atoms with van der Waals surface area (Å²) in [5.41, 5.74) is 8.75. The van der Waals surface area contributed by atoms with Gasteiger partial charge in [-0.3, -0.25) is 38.4 Å². The standard InChI is InChI=1S/C70H83F2N9O13S/c1-46(76-65(87)47(2)77-69(91)94-44-51-25-16-9-17-26-51)66(88)79-57(39-59(73)82)67(89)75-33-18-35-81(64(70(3,4)5)58-37-52(54-38-53(71)27-28-55(54)72)41-80(58)40-48-19-10-6-11-20-48)62(85)45-95-36-32-60(83)74-34-31-61(84)78-56(68(90)93-43-50-23-14-8-15-24-50)29-30-63(86)92-42-49-21-12-7-13-22-49/h6-17,19-28,37-38,41,46-47,56-57,64H,18,29-36,39-40,42-45H2,1-5H3,(H2,73,82)(H,74,83)(H,75,89)(H,76,87)(H,77,91)(H,78,84)(H,79,88)/t46-,47-,56-,57-,64-/m0/s1. The van der Waals surface area contributed by atoms with E-state index in [9.17, 15) is 52.3 Å². The number of aromatic nitrogens is 1. The molecule has 6 rings (SSSR count). The third-order valence-electron chi connectivity index (χ3n) is 14.8. The number of halogens is 2. The zero-order chi connectivity index (χ0) is 68.9. The van der Waals surface area contributed by atoms with Crippen molar-refractivity contribution in [1.29, 1.82) is 0 Å². The van der Waals surface area contributed by atoms with Gasteiger partial charge in [0.15, 0.2) is 0 Å². The average molecular weight is 1330 g/mol. The van der Waals surface area contributed by atoms with Crippen molar-refractivity contribution in [3.8, 4) is 11.1 Å². The van der Waals surface area contributed by atoms with Gasteiger partial charge < -0.3 is 61.3 Å². The fraction of sp³-hybridized carbons (Fsp3) is 0.371. The van der Waals surface area contributed by atoms with Crippen LogP contribution in [0.3, 0.4) is 0 Å². The summed E-state index contributed by atoms with van der Waals surface area (Å²) in [5.74, 6) is -7.39. The van der Waals surface area contributed by atoms with Gasteiger partial charge in [0, 0.05) is 74.2 Å². The van der Waals surface area contributed by atoms with Gasteiger partial charge in [-0.25, -0.2) is 18.4 Å². The molecule has 0 saturated carbocycles. The number of ether oxygens (including phenoxy) is 3. The van der Waals surface area contributed by atoms with Crippen LogP contribution in [0.4, 0.5) is 13.6 Å². The Balaban J connectivity index is 1.10. The van der Waals surface area contributed by atoms with Gasteiger partial charge in [-0.1, -0.05) is 142 Å². The first kappa shape index (κ1) is 74.1. The van der Waals surface area contributed by atoms with Crippen molar-refractivity contribution in [2.45, 2.75) is 130 Å². The minimum atomic E-state index is -1.50. The molecule has 0 spiro atoms. The third kappa shape index (κ3) is 25.5. The van der Waals surface area contributed by atoms with E-state index in [1.54, 1.807) is 83.9 Å². The van der Waals surface area contributed by atoms with E-state index in [1.807, 2.05) is 79.9 Å². The van der Waals surface area contributed by atoms with Gasteiger partial charge in [0.1, 0.15) is 55.6 Å². The average Bonchev–Trinajstić information content (AvgIpc) is 1.66. The Labute approximate surface area is 555 Å². The molecule has 22 nitrogen and oxygen atoms in total. The van der Waals surface area contributed by atoms with Crippen LogP contribution in [0.5, 0.6) is 0 Å². The summed E-state index contributed by atoms with van der Waals surface area (Å²) in [6.07, 6.45) is -0.292. The quantitative estimate of drug-likeness (QED) is 0.0114. The van der Waals surface area contributed by atoms with Crippen LogP contribution in [0, 0.1) is 17.0 Å². The molecule has 95 heavy (non-hydrogen) atoms. The lowest BCUT2D eigenvalue weighted by atomic mass is 9.83. The zero-order valence-electron chi connectivity index (χ0n) is 53.9. The van der Waals surface area contributed by atoms with Gasteiger partial charge in [0.05, 0.1) is 18.2 Å². The Hall–Kier alpha value is -9.91. The van der Waals surface area contributed by atoms with Crippen LogP contribution >= 0.6 is 11.8 Å². The number of carbonyl (C=O) groups is 10. The van der Waals surface area contributed by atoms with Crippen molar-refractivity contribution >= 4 is 71.1 Å². The number of thioether (sulfide) groups is 1. The molecule has 0 fully saturated rings. The van der Waals surface area contributed by atoms with Crippen molar-refractivity contribution in [3.05, 3.63) is 191 Å². The fourth-order valence-electron chi connectivity index (χ4n) is 9.94. The van der Waals surface area contributed by atoms with Gasteiger partial charge in [0.25, 0.3) is 0 Å². The molecule has 0 unspecified atom stereocenters. The molecule has 0 radical (unpaired) electrons. The lowest BCUT2D eigenvalue weighted by Gasteiger charge is -2.41. The highest BCUT2D eigenvalue weighted by atomic mass is 32.2. The number of nitrogens with zero attached hydrogens (tertiary/aromatic N) is 2. The van der Waals surface area contributed by atoms with E-state index >= 15 is 4.39 Å². The second kappa shape index (κ2) is 37.7. The molecular weight excluding hydrogens is 1240 g/mol. The Bertz CT molecular complexity index is 3540. The summed E-state index contributed by atoms with van der Waals surface area (Å²) in [5, 5.41) is 15.4. The molecule has 0 aliphatic rings. The minimum absolute atomic E-state index is 0.00375. The topological polar surface area (TPSA) is 305 Å². The molecule has 6 aromatic rings. The van der Waals surface area contributed by atoms with Gasteiger partial charge in [-0.15, -0.1) is 0 Å². The number of hydrogen-bond acceptors (Lipinski definition) is 14. The predicted molar refractivity (Wildman–Crippen MR) is 353 cm³/mol. The van der Waals surface area contributed by atoms with E-state index in [2.05, 4.69) is 31.9 Å². The van der Waals surface area contributed by atoms with Crippen LogP contribution in [0.25, 0.3) is 11.1 Å². The number of esters is 2. The minimum Gasteiger partial charge on any atom is -0.461 e. The van der Waals surface area contributed by atoms with E-state index in [0.717, 1.165) is 34.9 Å². The predicted octanol–water partition coefficient (Wildman–Crippen LogP) is 7.46. The normalized spacial score (nSPS) is 12.7. The SMILES string of the molecule is C[C@H](NC(=O)OCc1ccccc1)C(=O)N[C@@H](C)C(=O)N[C@@H](CC(N)=O)C(=O)NCCCN(C(=O)CSCCC(=O)NCCC(=O)N[C@@H](CCC(=O)OCc1ccccc1)C(=O)OCc1ccccc1)[C@@H](c1cc(-c2cc(F)ccc2F)cn1Cc1ccccc1)C(C)(C)C. The molecule has 1 aromatic heterocycles. The third-order valence-corrected chi connectivity index (χ3v) is 15.7. The van der Waals surface area contributed by atoms with E-state index in [-0.39, 0.29) is 101 Å².